The van der Waals surface area contributed by atoms with E-state index in [1.165, 1.54) is 47.1 Å². The molecular formula is C18H20N4S. The first-order valence-electron chi connectivity index (χ1n) is 8.24. The van der Waals surface area contributed by atoms with Crippen LogP contribution in [0.2, 0.25) is 0 Å². The SMILES string of the molecule is CC(Nc1ncnc2sc3c(c12)CCCCC3)c1cccnc1. The molecule has 4 nitrogen and oxygen atoms in total. The van der Waals surface area contributed by atoms with Crippen molar-refractivity contribution in [2.24, 2.45) is 0 Å². The topological polar surface area (TPSA) is 50.7 Å². The van der Waals surface area contributed by atoms with Crippen LogP contribution in [0.3, 0.4) is 0 Å². The third-order valence-electron chi connectivity index (χ3n) is 4.54. The van der Waals surface area contributed by atoms with Crippen LogP contribution < -0.4 is 5.32 Å². The molecule has 0 radical (unpaired) electrons. The molecule has 5 heteroatoms. The van der Waals surface area contributed by atoms with Gasteiger partial charge >= 0.3 is 0 Å². The molecule has 1 aliphatic carbocycles. The summed E-state index contributed by atoms with van der Waals surface area (Å²) in [5.41, 5.74) is 2.64. The highest BCUT2D eigenvalue weighted by molar-refractivity contribution is 7.18. The van der Waals surface area contributed by atoms with Gasteiger partial charge in [-0.15, -0.1) is 11.3 Å². The maximum atomic E-state index is 4.55. The van der Waals surface area contributed by atoms with Crippen molar-refractivity contribution in [3.8, 4) is 0 Å². The number of rotatable bonds is 3. The van der Waals surface area contributed by atoms with Gasteiger partial charge in [-0.2, -0.15) is 0 Å². The first-order valence-corrected chi connectivity index (χ1v) is 9.06. The van der Waals surface area contributed by atoms with E-state index < -0.39 is 0 Å². The van der Waals surface area contributed by atoms with Crippen LogP contribution in [0.1, 0.15) is 48.2 Å². The van der Waals surface area contributed by atoms with E-state index in [2.05, 4.69) is 33.3 Å². The number of fused-ring (bicyclic) bond motifs is 3. The monoisotopic (exact) mass is 324 g/mol. The van der Waals surface area contributed by atoms with Crippen molar-refractivity contribution < 1.29 is 0 Å². The highest BCUT2D eigenvalue weighted by Gasteiger charge is 2.19. The zero-order valence-corrected chi connectivity index (χ0v) is 14.1. The second kappa shape index (κ2) is 6.24. The summed E-state index contributed by atoms with van der Waals surface area (Å²) in [5, 5.41) is 4.81. The summed E-state index contributed by atoms with van der Waals surface area (Å²) in [4.78, 5) is 15.9. The molecule has 1 atom stereocenters. The number of hydrogen-bond acceptors (Lipinski definition) is 5. The van der Waals surface area contributed by atoms with Crippen LogP contribution >= 0.6 is 11.3 Å². The molecule has 0 bridgehead atoms. The predicted octanol–water partition coefficient (Wildman–Crippen LogP) is 4.53. The molecule has 3 aromatic heterocycles. The lowest BCUT2D eigenvalue weighted by Gasteiger charge is -2.15. The van der Waals surface area contributed by atoms with Gasteiger partial charge in [-0.3, -0.25) is 4.98 Å². The Labute approximate surface area is 140 Å². The van der Waals surface area contributed by atoms with Crippen LogP contribution in [0.15, 0.2) is 30.9 Å². The van der Waals surface area contributed by atoms with Crippen molar-refractivity contribution in [3.05, 3.63) is 46.9 Å². The summed E-state index contributed by atoms with van der Waals surface area (Å²) < 4.78 is 0. The molecule has 0 saturated heterocycles. The average molecular weight is 324 g/mol. The molecule has 0 fully saturated rings. The fourth-order valence-corrected chi connectivity index (χ4v) is 4.53. The standard InChI is InChI=1S/C18H20N4S/c1-12(13-6-5-9-19-10-13)22-17-16-14-7-3-2-4-8-15(14)23-18(16)21-11-20-17/h5-6,9-12H,2-4,7-8H2,1H3,(H,20,21,22). The van der Waals surface area contributed by atoms with E-state index in [1.807, 2.05) is 23.6 Å². The van der Waals surface area contributed by atoms with Crippen LogP contribution in [-0.2, 0) is 12.8 Å². The predicted molar refractivity (Wildman–Crippen MR) is 94.9 cm³/mol. The Bertz CT molecular complexity index is 813. The Morgan fingerprint density at radius 1 is 1.17 bits per heavy atom. The van der Waals surface area contributed by atoms with Gasteiger partial charge in [0.2, 0.25) is 0 Å². The molecule has 3 aromatic rings. The molecule has 0 aliphatic heterocycles. The van der Waals surface area contributed by atoms with E-state index in [-0.39, 0.29) is 6.04 Å². The number of nitrogens with zero attached hydrogens (tertiary/aromatic N) is 3. The van der Waals surface area contributed by atoms with Crippen LogP contribution in [0.4, 0.5) is 5.82 Å². The zero-order chi connectivity index (χ0) is 15.6. The maximum Gasteiger partial charge on any atom is 0.138 e. The minimum Gasteiger partial charge on any atom is -0.363 e. The Kier molecular flexibility index (Phi) is 3.95. The number of aryl methyl sites for hydroxylation is 2. The lowest BCUT2D eigenvalue weighted by Crippen LogP contribution is -2.09. The van der Waals surface area contributed by atoms with Crippen molar-refractivity contribution >= 4 is 27.4 Å². The fourth-order valence-electron chi connectivity index (χ4n) is 3.30. The smallest absolute Gasteiger partial charge is 0.138 e. The molecule has 1 aliphatic rings. The van der Waals surface area contributed by atoms with Gasteiger partial charge in [-0.05, 0) is 49.8 Å². The van der Waals surface area contributed by atoms with Crippen LogP contribution in [-0.4, -0.2) is 15.0 Å². The van der Waals surface area contributed by atoms with E-state index >= 15 is 0 Å². The second-order valence-electron chi connectivity index (χ2n) is 6.12. The number of thiophene rings is 1. The number of anilines is 1. The molecular weight excluding hydrogens is 304 g/mol. The Balaban J connectivity index is 1.73. The molecule has 0 saturated carbocycles. The molecule has 1 N–H and O–H groups in total. The van der Waals surface area contributed by atoms with E-state index in [1.54, 1.807) is 12.5 Å². The van der Waals surface area contributed by atoms with Crippen molar-refractivity contribution in [1.29, 1.82) is 0 Å². The summed E-state index contributed by atoms with van der Waals surface area (Å²) in [6, 6.07) is 4.24. The number of hydrogen-bond donors (Lipinski definition) is 1. The van der Waals surface area contributed by atoms with Gasteiger partial charge in [0.15, 0.2) is 0 Å². The number of pyridine rings is 1. The molecule has 1 unspecified atom stereocenters. The lowest BCUT2D eigenvalue weighted by atomic mass is 10.1. The van der Waals surface area contributed by atoms with E-state index in [0.717, 1.165) is 17.1 Å². The van der Waals surface area contributed by atoms with Gasteiger partial charge in [0.1, 0.15) is 17.0 Å². The number of aromatic nitrogens is 3. The van der Waals surface area contributed by atoms with Gasteiger partial charge in [0.05, 0.1) is 11.4 Å². The lowest BCUT2D eigenvalue weighted by molar-refractivity contribution is 0.713. The normalized spacial score (nSPS) is 15.9. The van der Waals surface area contributed by atoms with Crippen molar-refractivity contribution in [3.63, 3.8) is 0 Å². The second-order valence-corrected chi connectivity index (χ2v) is 7.20. The molecule has 23 heavy (non-hydrogen) atoms. The first kappa shape index (κ1) is 14.6. The van der Waals surface area contributed by atoms with Gasteiger partial charge in [-0.1, -0.05) is 12.5 Å². The van der Waals surface area contributed by atoms with Gasteiger partial charge < -0.3 is 5.32 Å². The summed E-state index contributed by atoms with van der Waals surface area (Å²) in [7, 11) is 0. The first-order chi connectivity index (χ1) is 11.3. The van der Waals surface area contributed by atoms with Crippen molar-refractivity contribution in [1.82, 2.24) is 15.0 Å². The summed E-state index contributed by atoms with van der Waals surface area (Å²) in [6.45, 7) is 2.15. The molecule has 0 amide bonds. The van der Waals surface area contributed by atoms with Gasteiger partial charge in [0.25, 0.3) is 0 Å². The summed E-state index contributed by atoms with van der Waals surface area (Å²) in [5.74, 6) is 0.964. The molecule has 3 heterocycles. The Hall–Kier alpha value is -2.01. The van der Waals surface area contributed by atoms with Gasteiger partial charge in [0, 0.05) is 17.3 Å². The van der Waals surface area contributed by atoms with Gasteiger partial charge in [-0.25, -0.2) is 9.97 Å². The Morgan fingerprint density at radius 3 is 2.96 bits per heavy atom. The minimum absolute atomic E-state index is 0.170. The molecule has 0 aromatic carbocycles. The van der Waals surface area contributed by atoms with Crippen LogP contribution in [0.5, 0.6) is 0 Å². The van der Waals surface area contributed by atoms with Crippen molar-refractivity contribution in [2.75, 3.05) is 5.32 Å². The van der Waals surface area contributed by atoms with Crippen molar-refractivity contribution in [2.45, 2.75) is 45.1 Å². The summed E-state index contributed by atoms with van der Waals surface area (Å²) in [6.07, 6.45) is 11.6. The quantitative estimate of drug-likeness (QED) is 0.719. The Morgan fingerprint density at radius 2 is 2.09 bits per heavy atom. The maximum absolute atomic E-state index is 4.55. The van der Waals surface area contributed by atoms with E-state index in [4.69, 9.17) is 0 Å². The fraction of sp³-hybridized carbons (Fsp3) is 0.389. The minimum atomic E-state index is 0.170. The molecule has 118 valence electrons. The third-order valence-corrected chi connectivity index (χ3v) is 5.74. The van der Waals surface area contributed by atoms with Crippen LogP contribution in [0, 0.1) is 0 Å². The third kappa shape index (κ3) is 2.81. The van der Waals surface area contributed by atoms with E-state index in [0.29, 0.717) is 0 Å². The van der Waals surface area contributed by atoms with Crippen LogP contribution in [0.25, 0.3) is 10.2 Å². The van der Waals surface area contributed by atoms with E-state index in [9.17, 15) is 0 Å². The molecule has 0 spiro atoms. The largest absolute Gasteiger partial charge is 0.363 e. The molecule has 4 rings (SSSR count). The average Bonchev–Trinajstić information content (AvgIpc) is 2.78. The highest BCUT2D eigenvalue weighted by Crippen LogP contribution is 2.38. The summed E-state index contributed by atoms with van der Waals surface area (Å²) >= 11 is 1.85. The number of nitrogens with one attached hydrogen (secondary N) is 1. The highest BCUT2D eigenvalue weighted by atomic mass is 32.1. The zero-order valence-electron chi connectivity index (χ0n) is 13.2.